The van der Waals surface area contributed by atoms with E-state index in [0.29, 0.717) is 5.70 Å². The second-order valence-corrected chi connectivity index (χ2v) is 5.79. The van der Waals surface area contributed by atoms with Crippen LogP contribution in [0.15, 0.2) is 17.5 Å². The van der Waals surface area contributed by atoms with Gasteiger partial charge >= 0.3 is 0 Å². The summed E-state index contributed by atoms with van der Waals surface area (Å²) in [6.45, 7) is 4.43. The molecular formula is C17H34N2O. The molecule has 3 nitrogen and oxygen atoms in total. The van der Waals surface area contributed by atoms with Crippen LogP contribution in [0.3, 0.4) is 0 Å². The Kier molecular flexibility index (Phi) is 15.8. The molecule has 118 valence electrons. The molecule has 0 aliphatic heterocycles. The van der Waals surface area contributed by atoms with Crippen molar-refractivity contribution >= 4 is 0 Å². The fraction of sp³-hybridized carbons (Fsp3) is 0.882. The second kappa shape index (κ2) is 16.4. The first kappa shape index (κ1) is 19.3. The van der Waals surface area contributed by atoms with Gasteiger partial charge in [-0.2, -0.15) is 0 Å². The normalized spacial score (nSPS) is 10.7. The van der Waals surface area contributed by atoms with Crippen molar-refractivity contribution in [2.75, 3.05) is 6.54 Å². The summed E-state index contributed by atoms with van der Waals surface area (Å²) in [5.41, 5.74) is 5.96. The molecule has 20 heavy (non-hydrogen) atoms. The first-order valence-electron chi connectivity index (χ1n) is 8.52. The zero-order valence-electron chi connectivity index (χ0n) is 13.2. The van der Waals surface area contributed by atoms with Gasteiger partial charge in [0.1, 0.15) is 0 Å². The summed E-state index contributed by atoms with van der Waals surface area (Å²) in [5.74, 6) is 0. The highest BCUT2D eigenvalue weighted by Gasteiger charge is 1.95. The van der Waals surface area contributed by atoms with Crippen LogP contribution >= 0.6 is 0 Å². The molecule has 0 aromatic rings. The topological polar surface area (TPSA) is 55.4 Å². The van der Waals surface area contributed by atoms with E-state index < -0.39 is 0 Å². The zero-order chi connectivity index (χ0) is 14.9. The molecule has 0 heterocycles. The highest BCUT2D eigenvalue weighted by atomic mass is 16.3. The summed E-state index contributed by atoms with van der Waals surface area (Å²) >= 11 is 0. The first-order chi connectivity index (χ1) is 9.81. The Morgan fingerprint density at radius 1 is 0.700 bits per heavy atom. The molecule has 0 saturated carbocycles. The quantitative estimate of drug-likeness (QED) is 0.292. The SMILES string of the molecule is C=C(CCCCCCCCCCCCCCCN)N=O. The maximum atomic E-state index is 10.1. The van der Waals surface area contributed by atoms with E-state index in [-0.39, 0.29) is 0 Å². The first-order valence-corrected chi connectivity index (χ1v) is 8.52. The summed E-state index contributed by atoms with van der Waals surface area (Å²) in [4.78, 5) is 10.1. The highest BCUT2D eigenvalue weighted by molar-refractivity contribution is 4.89. The van der Waals surface area contributed by atoms with E-state index in [1.54, 1.807) is 0 Å². The lowest BCUT2D eigenvalue weighted by atomic mass is 10.0. The largest absolute Gasteiger partial charge is 0.330 e. The Bertz CT molecular complexity index is 229. The van der Waals surface area contributed by atoms with Gasteiger partial charge in [-0.15, -0.1) is 4.91 Å². The summed E-state index contributed by atoms with van der Waals surface area (Å²) in [6, 6.07) is 0. The van der Waals surface area contributed by atoms with Crippen molar-refractivity contribution in [3.05, 3.63) is 17.2 Å². The van der Waals surface area contributed by atoms with Gasteiger partial charge in [-0.1, -0.05) is 77.2 Å². The van der Waals surface area contributed by atoms with Gasteiger partial charge in [-0.25, -0.2) is 0 Å². The Labute approximate surface area is 125 Å². The lowest BCUT2D eigenvalue weighted by Crippen LogP contribution is -1.97. The minimum absolute atomic E-state index is 0.497. The number of nitroso groups, excluding NO2 is 1. The van der Waals surface area contributed by atoms with Crippen LogP contribution in [0.4, 0.5) is 0 Å². The summed E-state index contributed by atoms with van der Waals surface area (Å²) in [7, 11) is 0. The third kappa shape index (κ3) is 15.4. The lowest BCUT2D eigenvalue weighted by Gasteiger charge is -2.03. The Balaban J connectivity index is 2.99. The molecule has 0 radical (unpaired) electrons. The molecule has 0 unspecified atom stereocenters. The van der Waals surface area contributed by atoms with E-state index in [1.807, 2.05) is 0 Å². The highest BCUT2D eigenvalue weighted by Crippen LogP contribution is 2.14. The van der Waals surface area contributed by atoms with Gasteiger partial charge in [0.15, 0.2) is 0 Å². The van der Waals surface area contributed by atoms with E-state index in [0.717, 1.165) is 19.4 Å². The Morgan fingerprint density at radius 2 is 1.05 bits per heavy atom. The van der Waals surface area contributed by atoms with Crippen LogP contribution in [0.2, 0.25) is 0 Å². The Hall–Kier alpha value is -0.700. The van der Waals surface area contributed by atoms with Gasteiger partial charge < -0.3 is 5.73 Å². The summed E-state index contributed by atoms with van der Waals surface area (Å²) < 4.78 is 0. The van der Waals surface area contributed by atoms with Crippen LogP contribution in [0.1, 0.15) is 89.9 Å². The average Bonchev–Trinajstić information content (AvgIpc) is 2.47. The Morgan fingerprint density at radius 3 is 1.40 bits per heavy atom. The van der Waals surface area contributed by atoms with Crippen molar-refractivity contribution in [1.29, 1.82) is 0 Å². The van der Waals surface area contributed by atoms with Crippen molar-refractivity contribution < 1.29 is 0 Å². The predicted molar refractivity (Wildman–Crippen MR) is 88.6 cm³/mol. The fourth-order valence-corrected chi connectivity index (χ4v) is 2.46. The molecule has 0 aliphatic rings. The van der Waals surface area contributed by atoms with E-state index in [2.05, 4.69) is 11.8 Å². The number of rotatable bonds is 16. The average molecular weight is 282 g/mol. The molecule has 0 aromatic heterocycles. The van der Waals surface area contributed by atoms with Crippen molar-refractivity contribution in [3.8, 4) is 0 Å². The van der Waals surface area contributed by atoms with Gasteiger partial charge in [-0.3, -0.25) is 0 Å². The van der Waals surface area contributed by atoms with Gasteiger partial charge in [0, 0.05) is 0 Å². The minimum Gasteiger partial charge on any atom is -0.330 e. The molecule has 0 amide bonds. The van der Waals surface area contributed by atoms with Crippen molar-refractivity contribution in [3.63, 3.8) is 0 Å². The molecule has 2 N–H and O–H groups in total. The number of unbranched alkanes of at least 4 members (excludes halogenated alkanes) is 12. The van der Waals surface area contributed by atoms with Crippen LogP contribution in [0.5, 0.6) is 0 Å². The molecule has 3 heteroatoms. The molecule has 0 atom stereocenters. The van der Waals surface area contributed by atoms with Crippen LogP contribution < -0.4 is 5.73 Å². The predicted octanol–water partition coefficient (Wildman–Crippen LogP) is 5.69. The van der Waals surface area contributed by atoms with Crippen LogP contribution in [-0.2, 0) is 0 Å². The summed E-state index contributed by atoms with van der Waals surface area (Å²) in [5, 5.41) is 2.84. The molecule has 0 rings (SSSR count). The zero-order valence-corrected chi connectivity index (χ0v) is 13.2. The van der Waals surface area contributed by atoms with Crippen molar-refractivity contribution in [2.45, 2.75) is 89.9 Å². The molecule has 0 saturated heterocycles. The molecule has 0 bridgehead atoms. The van der Waals surface area contributed by atoms with E-state index >= 15 is 0 Å². The van der Waals surface area contributed by atoms with E-state index in [1.165, 1.54) is 77.0 Å². The van der Waals surface area contributed by atoms with Crippen LogP contribution in [0, 0.1) is 4.91 Å². The summed E-state index contributed by atoms with van der Waals surface area (Å²) in [6.07, 6.45) is 17.8. The second-order valence-electron chi connectivity index (χ2n) is 5.79. The fourth-order valence-electron chi connectivity index (χ4n) is 2.46. The van der Waals surface area contributed by atoms with E-state index in [4.69, 9.17) is 5.73 Å². The monoisotopic (exact) mass is 282 g/mol. The third-order valence-corrected chi connectivity index (χ3v) is 3.80. The number of nitrogens with zero attached hydrogens (tertiary/aromatic N) is 1. The third-order valence-electron chi connectivity index (χ3n) is 3.80. The van der Waals surface area contributed by atoms with Crippen molar-refractivity contribution in [1.82, 2.24) is 0 Å². The number of nitrogens with two attached hydrogens (primary N) is 1. The molecular weight excluding hydrogens is 248 g/mol. The van der Waals surface area contributed by atoms with E-state index in [9.17, 15) is 4.91 Å². The van der Waals surface area contributed by atoms with Gasteiger partial charge in [-0.05, 0) is 31.0 Å². The van der Waals surface area contributed by atoms with Gasteiger partial charge in [0.05, 0.1) is 5.70 Å². The maximum Gasteiger partial charge on any atom is 0.0777 e. The number of hydrogen-bond donors (Lipinski definition) is 1. The standard InChI is InChI=1S/C17H34N2O/c1-17(19-20)15-13-11-9-7-5-3-2-4-6-8-10-12-14-16-18/h1-16,18H2. The molecule has 0 spiro atoms. The maximum absolute atomic E-state index is 10.1. The minimum atomic E-state index is 0.497. The smallest absolute Gasteiger partial charge is 0.0777 e. The molecule has 0 fully saturated rings. The molecule has 0 aliphatic carbocycles. The molecule has 0 aromatic carbocycles. The lowest BCUT2D eigenvalue weighted by molar-refractivity contribution is 0.537. The van der Waals surface area contributed by atoms with Crippen LogP contribution in [0.25, 0.3) is 0 Å². The van der Waals surface area contributed by atoms with Crippen LogP contribution in [-0.4, -0.2) is 6.54 Å². The van der Waals surface area contributed by atoms with Crippen molar-refractivity contribution in [2.24, 2.45) is 10.9 Å². The van der Waals surface area contributed by atoms with Gasteiger partial charge in [0.2, 0.25) is 0 Å². The number of hydrogen-bond acceptors (Lipinski definition) is 3. The number of allylic oxidation sites excluding steroid dienone is 1. The van der Waals surface area contributed by atoms with Gasteiger partial charge in [0.25, 0.3) is 0 Å².